The molecule has 21 heavy (non-hydrogen) atoms. The third-order valence-corrected chi connectivity index (χ3v) is 3.61. The number of urea groups is 1. The van der Waals surface area contributed by atoms with Gasteiger partial charge in [0.05, 0.1) is 24.6 Å². The summed E-state index contributed by atoms with van der Waals surface area (Å²) in [5, 5.41) is 5.38. The Morgan fingerprint density at radius 2 is 2.05 bits per heavy atom. The molecule has 3 amide bonds. The topological polar surface area (TPSA) is 70.7 Å². The van der Waals surface area contributed by atoms with Crippen molar-refractivity contribution in [2.45, 2.75) is 12.8 Å². The van der Waals surface area contributed by atoms with Crippen LogP contribution in [0.4, 0.5) is 20.6 Å². The van der Waals surface area contributed by atoms with Gasteiger partial charge in [-0.3, -0.25) is 4.79 Å². The molecule has 0 aliphatic carbocycles. The van der Waals surface area contributed by atoms with Gasteiger partial charge < -0.3 is 20.3 Å². The largest absolute Gasteiger partial charge is 0.378 e. The van der Waals surface area contributed by atoms with Gasteiger partial charge in [0.25, 0.3) is 0 Å². The first-order valence-electron chi connectivity index (χ1n) is 6.89. The summed E-state index contributed by atoms with van der Waals surface area (Å²) in [6, 6.07) is 2.30. The number of carbonyl (C=O) groups is 2. The van der Waals surface area contributed by atoms with E-state index in [4.69, 9.17) is 4.74 Å². The van der Waals surface area contributed by atoms with E-state index in [1.165, 1.54) is 12.1 Å². The lowest BCUT2D eigenvalue weighted by molar-refractivity contribution is -0.116. The van der Waals surface area contributed by atoms with Crippen LogP contribution in [-0.2, 0) is 16.0 Å². The lowest BCUT2D eigenvalue weighted by Gasteiger charge is -2.28. The number of ether oxygens (including phenoxy) is 1. The fourth-order valence-corrected chi connectivity index (χ4v) is 2.52. The van der Waals surface area contributed by atoms with E-state index in [1.807, 2.05) is 0 Å². The summed E-state index contributed by atoms with van der Waals surface area (Å²) in [5.74, 6) is -0.557. The molecule has 1 fully saturated rings. The first-order chi connectivity index (χ1) is 10.1. The Morgan fingerprint density at radius 1 is 1.29 bits per heavy atom. The number of amides is 3. The highest BCUT2D eigenvalue weighted by molar-refractivity contribution is 6.01. The Morgan fingerprint density at radius 3 is 2.81 bits per heavy atom. The van der Waals surface area contributed by atoms with Crippen molar-refractivity contribution in [3.63, 3.8) is 0 Å². The second-order valence-electron chi connectivity index (χ2n) is 5.07. The maximum Gasteiger partial charge on any atom is 0.322 e. The zero-order valence-corrected chi connectivity index (χ0v) is 11.4. The van der Waals surface area contributed by atoms with E-state index in [-0.39, 0.29) is 11.9 Å². The van der Waals surface area contributed by atoms with E-state index in [0.717, 1.165) is 0 Å². The lowest BCUT2D eigenvalue weighted by atomic mass is 10.0. The molecule has 0 unspecified atom stereocenters. The summed E-state index contributed by atoms with van der Waals surface area (Å²) in [6.45, 7) is 1.97. The van der Waals surface area contributed by atoms with Gasteiger partial charge in [-0.25, -0.2) is 9.18 Å². The Balaban J connectivity index is 1.82. The average molecular weight is 293 g/mol. The lowest BCUT2D eigenvalue weighted by Crippen LogP contribution is -2.43. The molecule has 0 spiro atoms. The molecule has 7 heteroatoms. The number of hydrogen-bond donors (Lipinski definition) is 2. The van der Waals surface area contributed by atoms with Gasteiger partial charge >= 0.3 is 6.03 Å². The molecule has 0 atom stereocenters. The number of halogens is 1. The number of morpholine rings is 1. The number of fused-ring (bicyclic) bond motifs is 1. The van der Waals surface area contributed by atoms with E-state index in [9.17, 15) is 14.0 Å². The summed E-state index contributed by atoms with van der Waals surface area (Å²) in [7, 11) is 0. The number of carbonyl (C=O) groups excluding carboxylic acids is 2. The quantitative estimate of drug-likeness (QED) is 0.825. The average Bonchev–Trinajstić information content (AvgIpc) is 2.49. The summed E-state index contributed by atoms with van der Waals surface area (Å²) < 4.78 is 18.8. The van der Waals surface area contributed by atoms with Gasteiger partial charge in [-0.2, -0.15) is 0 Å². The van der Waals surface area contributed by atoms with Crippen LogP contribution in [0.15, 0.2) is 12.1 Å². The smallest absolute Gasteiger partial charge is 0.322 e. The standard InChI is InChI=1S/C14H16FN3O3/c15-10-7-9-1-2-12(19)17-13(9)11(8-10)16-14(20)18-3-5-21-6-4-18/h7-8H,1-6H2,(H,16,20)(H,17,19). The molecule has 2 heterocycles. The number of nitrogens with zero attached hydrogens (tertiary/aromatic N) is 1. The zero-order chi connectivity index (χ0) is 14.8. The van der Waals surface area contributed by atoms with Crippen molar-refractivity contribution in [2.75, 3.05) is 36.9 Å². The molecular formula is C14H16FN3O3. The van der Waals surface area contributed by atoms with E-state index in [1.54, 1.807) is 4.90 Å². The molecular weight excluding hydrogens is 277 g/mol. The zero-order valence-electron chi connectivity index (χ0n) is 11.4. The van der Waals surface area contributed by atoms with Crippen LogP contribution in [0, 0.1) is 5.82 Å². The monoisotopic (exact) mass is 293 g/mol. The van der Waals surface area contributed by atoms with E-state index in [0.29, 0.717) is 56.1 Å². The van der Waals surface area contributed by atoms with Crippen LogP contribution in [0.25, 0.3) is 0 Å². The molecule has 2 aliphatic rings. The van der Waals surface area contributed by atoms with Gasteiger partial charge in [0.15, 0.2) is 0 Å². The maximum atomic E-state index is 13.6. The minimum atomic E-state index is -0.429. The molecule has 3 rings (SSSR count). The highest BCUT2D eigenvalue weighted by Gasteiger charge is 2.22. The van der Waals surface area contributed by atoms with Gasteiger partial charge in [-0.15, -0.1) is 0 Å². The van der Waals surface area contributed by atoms with Crippen molar-refractivity contribution in [3.8, 4) is 0 Å². The first-order valence-corrected chi connectivity index (χ1v) is 6.89. The highest BCUT2D eigenvalue weighted by atomic mass is 19.1. The predicted molar refractivity (Wildman–Crippen MR) is 74.8 cm³/mol. The third-order valence-electron chi connectivity index (χ3n) is 3.61. The summed E-state index contributed by atoms with van der Waals surface area (Å²) >= 11 is 0. The van der Waals surface area contributed by atoms with Crippen molar-refractivity contribution >= 4 is 23.3 Å². The second kappa shape index (κ2) is 5.69. The molecule has 0 aromatic heterocycles. The van der Waals surface area contributed by atoms with Crippen molar-refractivity contribution in [2.24, 2.45) is 0 Å². The molecule has 0 bridgehead atoms. The van der Waals surface area contributed by atoms with Crippen LogP contribution >= 0.6 is 0 Å². The van der Waals surface area contributed by atoms with Gasteiger partial charge in [0.1, 0.15) is 5.82 Å². The summed E-state index contributed by atoms with van der Waals surface area (Å²) in [6.07, 6.45) is 0.798. The fraction of sp³-hybridized carbons (Fsp3) is 0.429. The highest BCUT2D eigenvalue weighted by Crippen LogP contribution is 2.32. The molecule has 1 saturated heterocycles. The number of anilines is 2. The minimum absolute atomic E-state index is 0.129. The number of benzene rings is 1. The summed E-state index contributed by atoms with van der Waals surface area (Å²) in [4.78, 5) is 25.3. The third kappa shape index (κ3) is 2.97. The molecule has 6 nitrogen and oxygen atoms in total. The Labute approximate surface area is 121 Å². The van der Waals surface area contributed by atoms with Crippen LogP contribution in [-0.4, -0.2) is 43.1 Å². The van der Waals surface area contributed by atoms with Gasteiger partial charge in [-0.1, -0.05) is 0 Å². The number of rotatable bonds is 1. The SMILES string of the molecule is O=C1CCc2cc(F)cc(NC(=O)N3CCOCC3)c2N1. The van der Waals surface area contributed by atoms with Crippen LogP contribution in [0.3, 0.4) is 0 Å². The number of hydrogen-bond acceptors (Lipinski definition) is 3. The first kappa shape index (κ1) is 13.8. The summed E-state index contributed by atoms with van der Waals surface area (Å²) in [5.41, 5.74) is 1.50. The molecule has 2 aliphatic heterocycles. The van der Waals surface area contributed by atoms with E-state index >= 15 is 0 Å². The second-order valence-corrected chi connectivity index (χ2v) is 5.07. The Hall–Kier alpha value is -2.15. The van der Waals surface area contributed by atoms with Crippen LogP contribution in [0.5, 0.6) is 0 Å². The normalized spacial score (nSPS) is 18.0. The minimum Gasteiger partial charge on any atom is -0.378 e. The molecule has 112 valence electrons. The van der Waals surface area contributed by atoms with E-state index in [2.05, 4.69) is 10.6 Å². The molecule has 1 aromatic carbocycles. The number of aryl methyl sites for hydroxylation is 1. The van der Waals surface area contributed by atoms with Crippen LogP contribution in [0.2, 0.25) is 0 Å². The van der Waals surface area contributed by atoms with Crippen molar-refractivity contribution in [3.05, 3.63) is 23.5 Å². The van der Waals surface area contributed by atoms with Crippen molar-refractivity contribution in [1.82, 2.24) is 4.90 Å². The molecule has 1 aromatic rings. The molecule has 2 N–H and O–H groups in total. The van der Waals surface area contributed by atoms with Gasteiger partial charge in [-0.05, 0) is 24.1 Å². The molecule has 0 radical (unpaired) electrons. The van der Waals surface area contributed by atoms with Crippen LogP contribution < -0.4 is 10.6 Å². The number of nitrogens with one attached hydrogen (secondary N) is 2. The Bertz CT molecular complexity index is 585. The Kier molecular flexibility index (Phi) is 3.74. The fourth-order valence-electron chi connectivity index (χ4n) is 2.52. The maximum absolute atomic E-state index is 13.6. The predicted octanol–water partition coefficient (Wildman–Crippen LogP) is 1.57. The van der Waals surface area contributed by atoms with Gasteiger partial charge in [0, 0.05) is 19.5 Å². The molecule has 0 saturated carbocycles. The van der Waals surface area contributed by atoms with E-state index < -0.39 is 5.82 Å². The van der Waals surface area contributed by atoms with Crippen molar-refractivity contribution < 1.29 is 18.7 Å². The van der Waals surface area contributed by atoms with Gasteiger partial charge in [0.2, 0.25) is 5.91 Å². The van der Waals surface area contributed by atoms with Crippen LogP contribution in [0.1, 0.15) is 12.0 Å². The van der Waals surface area contributed by atoms with Crippen molar-refractivity contribution in [1.29, 1.82) is 0 Å².